The lowest BCUT2D eigenvalue weighted by Crippen LogP contribution is -2.41. The van der Waals surface area contributed by atoms with Crippen LogP contribution >= 0.6 is 54.5 Å². The fraction of sp³-hybridized carbons (Fsp3) is 0.269. The molecule has 1 aliphatic heterocycles. The average Bonchev–Trinajstić information content (AvgIpc) is 3.74. The number of halogens is 3. The molecule has 10 heteroatoms. The first-order valence-electron chi connectivity index (χ1n) is 20.5. The molecule has 62 heavy (non-hydrogen) atoms. The van der Waals surface area contributed by atoms with Gasteiger partial charge in [-0.05, 0) is 142 Å². The molecule has 1 saturated heterocycles. The molecule has 0 unspecified atom stereocenters. The number of ether oxygens (including phenoxy) is 2. The molecule has 6 aromatic carbocycles. The van der Waals surface area contributed by atoms with E-state index in [4.69, 9.17) is 14.0 Å². The number of esters is 2. The number of benzene rings is 6. The first-order valence-corrected chi connectivity index (χ1v) is 23.2. The van der Waals surface area contributed by atoms with E-state index in [1.807, 2.05) is 30.3 Å². The summed E-state index contributed by atoms with van der Waals surface area (Å²) in [5.41, 5.74) is 13.9. The van der Waals surface area contributed by atoms with Crippen molar-refractivity contribution < 1.29 is 28.4 Å². The van der Waals surface area contributed by atoms with Crippen LogP contribution in [0.15, 0.2) is 130 Å². The number of hydrogen-bond donors (Lipinski definition) is 0. The van der Waals surface area contributed by atoms with Crippen molar-refractivity contribution in [3.05, 3.63) is 167 Å². The average molecular weight is 1070 g/mol. The molecule has 2 aliphatic carbocycles. The van der Waals surface area contributed by atoms with Crippen molar-refractivity contribution in [1.29, 1.82) is 0 Å². The number of carbonyl (C=O) groups is 2. The Bertz CT molecular complexity index is 2710. The van der Waals surface area contributed by atoms with Crippen molar-refractivity contribution in [3.63, 3.8) is 0 Å². The zero-order valence-corrected chi connectivity index (χ0v) is 42.0. The van der Waals surface area contributed by atoms with Crippen LogP contribution < -0.4 is 5.46 Å². The highest BCUT2D eigenvalue weighted by Gasteiger charge is 2.53. The van der Waals surface area contributed by atoms with E-state index in [1.165, 1.54) is 58.7 Å². The predicted molar refractivity (Wildman–Crippen MR) is 266 cm³/mol. The van der Waals surface area contributed by atoms with E-state index in [0.717, 1.165) is 29.1 Å². The van der Waals surface area contributed by atoms with E-state index in [9.17, 15) is 9.59 Å². The van der Waals surface area contributed by atoms with Gasteiger partial charge in [-0.2, -0.15) is 0 Å². The highest BCUT2D eigenvalue weighted by atomic mass is 127. The number of rotatable bonds is 4. The van der Waals surface area contributed by atoms with Gasteiger partial charge in [0, 0.05) is 23.3 Å². The van der Waals surface area contributed by atoms with Gasteiger partial charge in [0.15, 0.2) is 0 Å². The Labute approximate surface area is 396 Å². The van der Waals surface area contributed by atoms with Gasteiger partial charge < -0.3 is 18.8 Å². The molecule has 0 saturated carbocycles. The van der Waals surface area contributed by atoms with Crippen LogP contribution in [-0.2, 0) is 29.6 Å². The predicted octanol–water partition coefficient (Wildman–Crippen LogP) is 13.3. The Morgan fingerprint density at radius 2 is 0.935 bits per heavy atom. The Morgan fingerprint density at radius 1 is 0.516 bits per heavy atom. The van der Waals surface area contributed by atoms with Crippen LogP contribution in [0.1, 0.15) is 98.4 Å². The van der Waals surface area contributed by atoms with Gasteiger partial charge >= 0.3 is 19.1 Å². The standard InChI is InChI=1S/C23H19BrO2.C21H25BO2.C8H6BrIO2/c1-23(2)20-10-5-4-7-16(20)18-9-6-8-17(21(18)23)15-12-11-14(24)13-19(15)22(25)26-3;1-19(2)16-12-8-7-10-14(16)15-11-9-13-17(18(15)19)22-23-20(3,4)21(5,6)24-22;1-12-8(11)6-4-5(9)2-3-7(6)10/h4-13H,1-3H3;7-13H,1-6H3;2-4H,1H3. The molecule has 0 atom stereocenters. The minimum absolute atomic E-state index is 0.0495. The third-order valence-electron chi connectivity index (χ3n) is 12.7. The second-order valence-electron chi connectivity index (χ2n) is 17.7. The SMILES string of the molecule is CC1(C)c2ccccc2-c2cccc(B3OC(C)(C)C(C)(C)O3)c21.COC(=O)c1cc(Br)ccc1-c1cccc2c1C(C)(C)c1ccccc1-2.COC(=O)c1cc(Br)ccc1I. The molecule has 1 heterocycles. The van der Waals surface area contributed by atoms with Crippen molar-refractivity contribution in [2.24, 2.45) is 0 Å². The lowest BCUT2D eigenvalue weighted by molar-refractivity contribution is 0.00578. The van der Waals surface area contributed by atoms with E-state index in [2.05, 4.69) is 200 Å². The third-order valence-corrected chi connectivity index (χ3v) is 14.6. The second-order valence-corrected chi connectivity index (χ2v) is 20.7. The Kier molecular flexibility index (Phi) is 13.0. The summed E-state index contributed by atoms with van der Waals surface area (Å²) in [5.74, 6) is -0.632. The number of carbonyl (C=O) groups excluding carboxylic acids is 2. The van der Waals surface area contributed by atoms with Gasteiger partial charge in [-0.25, -0.2) is 9.59 Å². The first kappa shape index (κ1) is 45.9. The van der Waals surface area contributed by atoms with E-state index in [-0.39, 0.29) is 41.1 Å². The van der Waals surface area contributed by atoms with E-state index < -0.39 is 0 Å². The normalized spacial score (nSPS) is 16.3. The van der Waals surface area contributed by atoms with Crippen LogP contribution in [0.2, 0.25) is 0 Å². The molecule has 6 nitrogen and oxygen atoms in total. The molecule has 0 radical (unpaired) electrons. The topological polar surface area (TPSA) is 71.1 Å². The third kappa shape index (κ3) is 8.26. The number of hydrogen-bond acceptors (Lipinski definition) is 6. The number of fused-ring (bicyclic) bond motifs is 6. The summed E-state index contributed by atoms with van der Waals surface area (Å²) < 4.78 is 25.0. The smallest absolute Gasteiger partial charge is 0.465 e. The quantitative estimate of drug-likeness (QED) is 0.0995. The van der Waals surface area contributed by atoms with Crippen LogP contribution in [0.4, 0.5) is 0 Å². The van der Waals surface area contributed by atoms with Crippen LogP contribution in [0, 0.1) is 3.57 Å². The zero-order valence-electron chi connectivity index (χ0n) is 36.7. The molecular weight excluding hydrogens is 1020 g/mol. The molecule has 9 rings (SSSR count). The Balaban J connectivity index is 0.000000149. The van der Waals surface area contributed by atoms with Crippen LogP contribution in [0.5, 0.6) is 0 Å². The lowest BCUT2D eigenvalue weighted by Gasteiger charge is -2.32. The maximum atomic E-state index is 12.4. The highest BCUT2D eigenvalue weighted by Crippen LogP contribution is 2.53. The van der Waals surface area contributed by atoms with Gasteiger partial charge in [0.25, 0.3) is 0 Å². The summed E-state index contributed by atoms with van der Waals surface area (Å²) in [7, 11) is 2.47. The van der Waals surface area contributed by atoms with E-state index in [0.29, 0.717) is 11.1 Å². The summed E-state index contributed by atoms with van der Waals surface area (Å²) in [6, 6.07) is 41.4. The monoisotopic (exact) mass is 1070 g/mol. The van der Waals surface area contributed by atoms with Gasteiger partial charge in [-0.1, -0.05) is 151 Å². The van der Waals surface area contributed by atoms with Crippen LogP contribution in [-0.4, -0.2) is 44.5 Å². The molecule has 6 aromatic rings. The Hall–Kier alpha value is -4.07. The zero-order chi connectivity index (χ0) is 44.9. The van der Waals surface area contributed by atoms with Crippen molar-refractivity contribution in [1.82, 2.24) is 0 Å². The van der Waals surface area contributed by atoms with Gasteiger partial charge in [0.2, 0.25) is 0 Å². The molecule has 1 fully saturated rings. The minimum atomic E-state index is -0.327. The van der Waals surface area contributed by atoms with Gasteiger partial charge in [0.1, 0.15) is 0 Å². The van der Waals surface area contributed by atoms with Crippen molar-refractivity contribution >= 4 is 79.0 Å². The van der Waals surface area contributed by atoms with Gasteiger partial charge in [-0.3, -0.25) is 0 Å². The molecule has 3 aliphatic rings. The van der Waals surface area contributed by atoms with Gasteiger partial charge in [0.05, 0.1) is 36.5 Å². The number of methoxy groups -OCH3 is 2. The Morgan fingerprint density at radius 3 is 1.48 bits per heavy atom. The first-order chi connectivity index (χ1) is 29.2. The molecule has 0 aromatic heterocycles. The molecule has 0 amide bonds. The minimum Gasteiger partial charge on any atom is -0.465 e. The summed E-state index contributed by atoms with van der Waals surface area (Å²) >= 11 is 8.84. The highest BCUT2D eigenvalue weighted by molar-refractivity contribution is 14.1. The van der Waals surface area contributed by atoms with Crippen molar-refractivity contribution in [2.45, 2.75) is 77.4 Å². The molecule has 0 N–H and O–H groups in total. The second kappa shape index (κ2) is 17.5. The van der Waals surface area contributed by atoms with E-state index in [1.54, 1.807) is 6.07 Å². The fourth-order valence-corrected chi connectivity index (χ4v) is 10.2. The fourth-order valence-electron chi connectivity index (χ4n) is 8.92. The summed E-state index contributed by atoms with van der Waals surface area (Å²) in [6.07, 6.45) is 0. The largest absolute Gasteiger partial charge is 0.495 e. The summed E-state index contributed by atoms with van der Waals surface area (Å²) in [5, 5.41) is 0. The van der Waals surface area contributed by atoms with Crippen LogP contribution in [0.3, 0.4) is 0 Å². The maximum Gasteiger partial charge on any atom is 0.495 e. The molecule has 318 valence electrons. The van der Waals surface area contributed by atoms with Crippen molar-refractivity contribution in [2.75, 3.05) is 14.2 Å². The maximum absolute atomic E-state index is 12.4. The molecule has 0 spiro atoms. The van der Waals surface area contributed by atoms with Crippen LogP contribution in [0.25, 0.3) is 33.4 Å². The molecular formula is C52H50BBr2IO6. The summed E-state index contributed by atoms with van der Waals surface area (Å²) in [6.45, 7) is 17.5. The lowest BCUT2D eigenvalue weighted by atomic mass is 9.68. The van der Waals surface area contributed by atoms with Crippen molar-refractivity contribution in [3.8, 4) is 33.4 Å². The van der Waals surface area contributed by atoms with Gasteiger partial charge in [-0.15, -0.1) is 0 Å². The summed E-state index contributed by atoms with van der Waals surface area (Å²) in [4.78, 5) is 23.5. The van der Waals surface area contributed by atoms with E-state index >= 15 is 0 Å². The molecule has 0 bridgehead atoms.